The van der Waals surface area contributed by atoms with Crippen LogP contribution >= 0.6 is 0 Å². The minimum atomic E-state index is -0.440. The Balaban J connectivity index is 1.54. The Labute approximate surface area is 125 Å². The quantitative estimate of drug-likeness (QED) is 0.865. The lowest BCUT2D eigenvalue weighted by Crippen LogP contribution is -2.56. The van der Waals surface area contributed by atoms with Gasteiger partial charge < -0.3 is 9.64 Å². The second-order valence-corrected chi connectivity index (χ2v) is 7.94. The van der Waals surface area contributed by atoms with Gasteiger partial charge in [0.25, 0.3) is 0 Å². The van der Waals surface area contributed by atoms with Crippen molar-refractivity contribution in [2.24, 2.45) is 5.92 Å². The number of hydrogen-bond donors (Lipinski definition) is 1. The largest absolute Gasteiger partial charge is 0.444 e. The van der Waals surface area contributed by atoms with Crippen LogP contribution in [0.25, 0.3) is 0 Å². The summed E-state index contributed by atoms with van der Waals surface area (Å²) in [5.74, 6) is 0.933. The van der Waals surface area contributed by atoms with Crippen LogP contribution in [0.5, 0.6) is 0 Å². The summed E-state index contributed by atoms with van der Waals surface area (Å²) < 4.78 is 5.50. The average molecular weight is 289 g/mol. The van der Waals surface area contributed by atoms with Crippen LogP contribution in [-0.4, -0.2) is 33.3 Å². The third-order valence-electron chi connectivity index (χ3n) is 5.13. The van der Waals surface area contributed by atoms with Crippen molar-refractivity contribution >= 4 is 6.09 Å². The van der Waals surface area contributed by atoms with Crippen molar-refractivity contribution in [3.05, 3.63) is 17.0 Å². The zero-order chi connectivity index (χ0) is 14.8. The number of carbonyl (C=O) groups is 1. The van der Waals surface area contributed by atoms with E-state index in [4.69, 9.17) is 4.74 Å². The second kappa shape index (κ2) is 4.02. The molecule has 0 spiro atoms. The molecule has 0 radical (unpaired) electrons. The smallest absolute Gasteiger partial charge is 0.410 e. The summed E-state index contributed by atoms with van der Waals surface area (Å²) in [6, 6.07) is 0. The van der Waals surface area contributed by atoms with Crippen LogP contribution in [-0.2, 0) is 23.1 Å². The molecule has 114 valence electrons. The summed E-state index contributed by atoms with van der Waals surface area (Å²) in [7, 11) is 0. The van der Waals surface area contributed by atoms with Crippen LogP contribution in [0.15, 0.2) is 0 Å². The van der Waals surface area contributed by atoms with E-state index in [9.17, 15) is 4.79 Å². The fraction of sp³-hybridized carbons (Fsp3) is 0.750. The average Bonchev–Trinajstić information content (AvgIpc) is 2.66. The van der Waals surface area contributed by atoms with Gasteiger partial charge in [-0.1, -0.05) is 0 Å². The molecule has 2 heterocycles. The van der Waals surface area contributed by atoms with E-state index >= 15 is 0 Å². The number of rotatable bonds is 1. The minimum absolute atomic E-state index is 0.210. The number of fused-ring (bicyclic) bond motifs is 1. The van der Waals surface area contributed by atoms with Gasteiger partial charge in [-0.2, -0.15) is 5.10 Å². The maximum atomic E-state index is 12.3. The van der Waals surface area contributed by atoms with Crippen LogP contribution in [0.2, 0.25) is 0 Å². The van der Waals surface area contributed by atoms with Crippen molar-refractivity contribution in [1.82, 2.24) is 15.1 Å². The first-order valence-corrected chi connectivity index (χ1v) is 7.91. The lowest BCUT2D eigenvalue weighted by atomic mass is 9.43. The maximum absolute atomic E-state index is 12.3. The molecule has 1 amide bonds. The fourth-order valence-electron chi connectivity index (χ4n) is 3.98. The van der Waals surface area contributed by atoms with E-state index in [1.165, 1.54) is 36.2 Å². The summed E-state index contributed by atoms with van der Waals surface area (Å²) in [5, 5.41) is 7.80. The first-order valence-electron chi connectivity index (χ1n) is 7.91. The fourth-order valence-corrected chi connectivity index (χ4v) is 3.98. The standard InChI is InChI=1S/C16H23N3O2/c1-15(2,3)21-14(20)19-5-4-12-11(9-19)13(18-17-12)16-6-10(7-16)8-16/h10H,4-9H2,1-3H3,(H,17,18). The molecule has 0 unspecified atom stereocenters. The highest BCUT2D eigenvalue weighted by Gasteiger charge is 2.59. The third-order valence-corrected chi connectivity index (χ3v) is 5.13. The normalized spacial score (nSPS) is 30.2. The molecule has 5 heteroatoms. The van der Waals surface area contributed by atoms with Crippen molar-refractivity contribution in [1.29, 1.82) is 0 Å². The predicted molar refractivity (Wildman–Crippen MR) is 78.0 cm³/mol. The Morgan fingerprint density at radius 3 is 2.67 bits per heavy atom. The molecule has 5 rings (SSSR count). The van der Waals surface area contributed by atoms with Gasteiger partial charge in [0, 0.05) is 29.6 Å². The Morgan fingerprint density at radius 2 is 2.10 bits per heavy atom. The van der Waals surface area contributed by atoms with Crippen molar-refractivity contribution < 1.29 is 9.53 Å². The van der Waals surface area contributed by atoms with Crippen LogP contribution in [0, 0.1) is 5.92 Å². The predicted octanol–water partition coefficient (Wildman–Crippen LogP) is 2.75. The highest BCUT2D eigenvalue weighted by Crippen LogP contribution is 2.65. The zero-order valence-electron chi connectivity index (χ0n) is 13.0. The number of nitrogens with zero attached hydrogens (tertiary/aromatic N) is 2. The molecule has 0 aromatic carbocycles. The number of hydrogen-bond acceptors (Lipinski definition) is 3. The Kier molecular flexibility index (Phi) is 2.52. The minimum Gasteiger partial charge on any atom is -0.444 e. The molecule has 1 aromatic rings. The van der Waals surface area contributed by atoms with Crippen molar-refractivity contribution in [3.8, 4) is 0 Å². The number of carbonyl (C=O) groups excluding carboxylic acids is 1. The van der Waals surface area contributed by atoms with Gasteiger partial charge in [0.05, 0.1) is 12.2 Å². The van der Waals surface area contributed by atoms with Gasteiger partial charge in [0.2, 0.25) is 0 Å². The Bertz CT molecular complexity index is 582. The summed E-state index contributed by atoms with van der Waals surface area (Å²) in [6.45, 7) is 7.07. The SMILES string of the molecule is CC(C)(C)OC(=O)N1CCc2[nH]nc(C34CC(C3)C4)c2C1. The van der Waals surface area contributed by atoms with Gasteiger partial charge >= 0.3 is 6.09 Å². The van der Waals surface area contributed by atoms with E-state index in [0.29, 0.717) is 18.5 Å². The molecule has 1 aliphatic heterocycles. The highest BCUT2D eigenvalue weighted by atomic mass is 16.6. The number of amides is 1. The summed E-state index contributed by atoms with van der Waals surface area (Å²) >= 11 is 0. The van der Waals surface area contributed by atoms with E-state index in [2.05, 4.69) is 10.2 Å². The Morgan fingerprint density at radius 1 is 1.38 bits per heavy atom. The van der Waals surface area contributed by atoms with Crippen LogP contribution in [0.3, 0.4) is 0 Å². The van der Waals surface area contributed by atoms with Crippen molar-refractivity contribution in [2.45, 2.75) is 64.0 Å². The molecule has 21 heavy (non-hydrogen) atoms. The molecule has 3 aliphatic carbocycles. The van der Waals surface area contributed by atoms with Crippen LogP contribution < -0.4 is 0 Å². The van der Waals surface area contributed by atoms with E-state index in [1.807, 2.05) is 25.7 Å². The first-order chi connectivity index (χ1) is 9.86. The van der Waals surface area contributed by atoms with Crippen molar-refractivity contribution in [3.63, 3.8) is 0 Å². The molecule has 4 aliphatic rings. The Hall–Kier alpha value is -1.52. The number of aromatic amines is 1. The third kappa shape index (κ3) is 1.97. The maximum Gasteiger partial charge on any atom is 0.410 e. The van der Waals surface area contributed by atoms with E-state index < -0.39 is 5.60 Å². The molecule has 3 saturated carbocycles. The van der Waals surface area contributed by atoms with Gasteiger partial charge in [0.1, 0.15) is 5.60 Å². The second-order valence-electron chi connectivity index (χ2n) is 7.94. The number of nitrogens with one attached hydrogen (secondary N) is 1. The molecule has 5 nitrogen and oxygen atoms in total. The first kappa shape index (κ1) is 13.2. The lowest BCUT2D eigenvalue weighted by Gasteiger charge is -2.61. The topological polar surface area (TPSA) is 58.2 Å². The van der Waals surface area contributed by atoms with Gasteiger partial charge in [0.15, 0.2) is 0 Å². The molecule has 0 saturated heterocycles. The molecule has 2 bridgehead atoms. The summed E-state index contributed by atoms with van der Waals surface area (Å²) in [5.41, 5.74) is 3.60. The summed E-state index contributed by atoms with van der Waals surface area (Å²) in [4.78, 5) is 14.1. The van der Waals surface area contributed by atoms with Crippen molar-refractivity contribution in [2.75, 3.05) is 6.54 Å². The van der Waals surface area contributed by atoms with Gasteiger partial charge in [-0.05, 0) is 46.0 Å². The van der Waals surface area contributed by atoms with Crippen LogP contribution in [0.1, 0.15) is 57.0 Å². The summed E-state index contributed by atoms with van der Waals surface area (Å²) in [6.07, 6.45) is 4.50. The van der Waals surface area contributed by atoms with E-state index in [-0.39, 0.29) is 6.09 Å². The molecule has 0 atom stereocenters. The molecular formula is C16H23N3O2. The number of H-pyrrole nitrogens is 1. The van der Waals surface area contributed by atoms with E-state index in [0.717, 1.165) is 12.3 Å². The van der Waals surface area contributed by atoms with Gasteiger partial charge in [-0.3, -0.25) is 5.10 Å². The number of aromatic nitrogens is 2. The highest BCUT2D eigenvalue weighted by molar-refractivity contribution is 5.68. The van der Waals surface area contributed by atoms with Gasteiger partial charge in [-0.15, -0.1) is 0 Å². The zero-order valence-corrected chi connectivity index (χ0v) is 13.0. The molecule has 1 N–H and O–H groups in total. The van der Waals surface area contributed by atoms with Crippen LogP contribution in [0.4, 0.5) is 4.79 Å². The molecule has 3 fully saturated rings. The lowest BCUT2D eigenvalue weighted by molar-refractivity contribution is -0.0323. The van der Waals surface area contributed by atoms with Gasteiger partial charge in [-0.25, -0.2) is 4.79 Å². The molecule has 1 aromatic heterocycles. The number of ether oxygens (including phenoxy) is 1. The monoisotopic (exact) mass is 289 g/mol. The van der Waals surface area contributed by atoms with E-state index in [1.54, 1.807) is 0 Å². The molecular weight excluding hydrogens is 266 g/mol.